The number of benzene rings is 1. The Hall–Kier alpha value is -2.13. The van der Waals surface area contributed by atoms with Gasteiger partial charge in [0.05, 0.1) is 4.92 Å². The summed E-state index contributed by atoms with van der Waals surface area (Å²) in [6, 6.07) is 7.25. The Balaban J connectivity index is 2.25. The summed E-state index contributed by atoms with van der Waals surface area (Å²) in [7, 11) is 0. The monoisotopic (exact) mass is 260 g/mol. The molecule has 0 radical (unpaired) electrons. The van der Waals surface area contributed by atoms with Crippen LogP contribution in [0.25, 0.3) is 0 Å². The zero-order valence-corrected chi connectivity index (χ0v) is 10.7. The van der Waals surface area contributed by atoms with E-state index in [1.54, 1.807) is 12.1 Å². The van der Waals surface area contributed by atoms with E-state index in [9.17, 15) is 10.1 Å². The Morgan fingerprint density at radius 1 is 1.58 bits per heavy atom. The third-order valence-electron chi connectivity index (χ3n) is 3.32. The van der Waals surface area contributed by atoms with Crippen LogP contribution in [0.2, 0.25) is 0 Å². The molecule has 0 saturated carbocycles. The SMILES string of the molecule is CC1CC(Nc2cccc(C#N)c2[N+](=O)[O-])CCN1. The Labute approximate surface area is 111 Å². The third-order valence-corrected chi connectivity index (χ3v) is 3.32. The zero-order valence-electron chi connectivity index (χ0n) is 10.7. The van der Waals surface area contributed by atoms with E-state index in [4.69, 9.17) is 5.26 Å². The van der Waals surface area contributed by atoms with Gasteiger partial charge in [0.15, 0.2) is 0 Å². The Morgan fingerprint density at radius 3 is 3.00 bits per heavy atom. The van der Waals surface area contributed by atoms with Crippen molar-refractivity contribution in [2.24, 2.45) is 0 Å². The Bertz CT molecular complexity index is 524. The molecule has 19 heavy (non-hydrogen) atoms. The standard InChI is InChI=1S/C13H16N4O2/c1-9-7-11(5-6-15-9)16-12-4-2-3-10(8-14)13(12)17(18)19/h2-4,9,11,15-16H,5-7H2,1H3. The molecule has 1 aromatic rings. The third kappa shape index (κ3) is 3.01. The van der Waals surface area contributed by atoms with E-state index in [0.717, 1.165) is 19.4 Å². The maximum absolute atomic E-state index is 11.1. The minimum absolute atomic E-state index is 0.0944. The second kappa shape index (κ2) is 5.67. The lowest BCUT2D eigenvalue weighted by molar-refractivity contribution is -0.384. The molecule has 1 aromatic carbocycles. The molecule has 100 valence electrons. The lowest BCUT2D eigenvalue weighted by atomic mass is 10.00. The van der Waals surface area contributed by atoms with E-state index >= 15 is 0 Å². The smallest absolute Gasteiger partial charge is 0.309 e. The summed E-state index contributed by atoms with van der Waals surface area (Å²) in [5, 5.41) is 26.6. The topological polar surface area (TPSA) is 91.0 Å². The highest BCUT2D eigenvalue weighted by Crippen LogP contribution is 2.29. The van der Waals surface area contributed by atoms with Gasteiger partial charge in [0.25, 0.3) is 0 Å². The largest absolute Gasteiger partial charge is 0.377 e. The van der Waals surface area contributed by atoms with Gasteiger partial charge in [-0.1, -0.05) is 6.07 Å². The van der Waals surface area contributed by atoms with Crippen LogP contribution < -0.4 is 10.6 Å². The van der Waals surface area contributed by atoms with Gasteiger partial charge in [-0.3, -0.25) is 10.1 Å². The van der Waals surface area contributed by atoms with Crippen molar-refractivity contribution in [1.29, 1.82) is 5.26 Å². The van der Waals surface area contributed by atoms with E-state index < -0.39 is 4.92 Å². The van der Waals surface area contributed by atoms with Crippen molar-refractivity contribution in [2.75, 3.05) is 11.9 Å². The molecule has 0 aliphatic carbocycles. The number of hydrogen-bond donors (Lipinski definition) is 2. The molecule has 6 heteroatoms. The van der Waals surface area contributed by atoms with E-state index in [-0.39, 0.29) is 17.3 Å². The van der Waals surface area contributed by atoms with Crippen molar-refractivity contribution in [2.45, 2.75) is 31.8 Å². The highest BCUT2D eigenvalue weighted by Gasteiger charge is 2.24. The van der Waals surface area contributed by atoms with Crippen LogP contribution in [-0.4, -0.2) is 23.6 Å². The second-order valence-electron chi connectivity index (χ2n) is 4.79. The van der Waals surface area contributed by atoms with Crippen molar-refractivity contribution >= 4 is 11.4 Å². The first-order valence-corrected chi connectivity index (χ1v) is 6.29. The molecule has 1 saturated heterocycles. The molecule has 0 amide bonds. The highest BCUT2D eigenvalue weighted by atomic mass is 16.6. The molecule has 2 unspecified atom stereocenters. The summed E-state index contributed by atoms with van der Waals surface area (Å²) in [6.07, 6.45) is 1.83. The van der Waals surface area contributed by atoms with Crippen molar-refractivity contribution < 1.29 is 4.92 Å². The second-order valence-corrected chi connectivity index (χ2v) is 4.79. The van der Waals surface area contributed by atoms with Crippen LogP contribution in [0.1, 0.15) is 25.3 Å². The van der Waals surface area contributed by atoms with Gasteiger partial charge in [0, 0.05) is 12.1 Å². The zero-order chi connectivity index (χ0) is 13.8. The lowest BCUT2D eigenvalue weighted by Crippen LogP contribution is -2.41. The number of nitriles is 1. The summed E-state index contributed by atoms with van der Waals surface area (Å²) in [4.78, 5) is 10.6. The fraction of sp³-hybridized carbons (Fsp3) is 0.462. The fourth-order valence-corrected chi connectivity index (χ4v) is 2.43. The number of nitrogens with zero attached hydrogens (tertiary/aromatic N) is 2. The average molecular weight is 260 g/mol. The van der Waals surface area contributed by atoms with Crippen molar-refractivity contribution in [1.82, 2.24) is 5.32 Å². The molecule has 1 fully saturated rings. The Kier molecular flexibility index (Phi) is 3.97. The summed E-state index contributed by atoms with van der Waals surface area (Å²) >= 11 is 0. The van der Waals surface area contributed by atoms with Crippen LogP contribution in [0.15, 0.2) is 18.2 Å². The first-order chi connectivity index (χ1) is 9.11. The predicted molar refractivity (Wildman–Crippen MR) is 71.9 cm³/mol. The van der Waals surface area contributed by atoms with Crippen LogP contribution in [0.5, 0.6) is 0 Å². The molecule has 2 rings (SSSR count). The number of nitro groups is 1. The first-order valence-electron chi connectivity index (χ1n) is 6.29. The van der Waals surface area contributed by atoms with Crippen molar-refractivity contribution in [3.63, 3.8) is 0 Å². The first kappa shape index (κ1) is 13.3. The lowest BCUT2D eigenvalue weighted by Gasteiger charge is -2.29. The van der Waals surface area contributed by atoms with E-state index in [1.807, 2.05) is 6.07 Å². The molecule has 0 bridgehead atoms. The fourth-order valence-electron chi connectivity index (χ4n) is 2.43. The maximum atomic E-state index is 11.1. The van der Waals surface area contributed by atoms with Crippen molar-refractivity contribution in [3.05, 3.63) is 33.9 Å². The van der Waals surface area contributed by atoms with Crippen molar-refractivity contribution in [3.8, 4) is 6.07 Å². The summed E-state index contributed by atoms with van der Waals surface area (Å²) < 4.78 is 0. The van der Waals surface area contributed by atoms with Crippen LogP contribution in [0.4, 0.5) is 11.4 Å². The molecule has 1 aliphatic heterocycles. The van der Waals surface area contributed by atoms with Gasteiger partial charge in [0.1, 0.15) is 17.3 Å². The normalized spacial score (nSPS) is 22.5. The van der Waals surface area contributed by atoms with E-state index in [0.29, 0.717) is 11.7 Å². The molecule has 1 heterocycles. The van der Waals surface area contributed by atoms with Crippen LogP contribution in [-0.2, 0) is 0 Å². The van der Waals surface area contributed by atoms with E-state index in [1.165, 1.54) is 6.07 Å². The minimum atomic E-state index is -0.495. The molecular weight excluding hydrogens is 244 g/mol. The number of anilines is 1. The molecular formula is C13H16N4O2. The van der Waals surface area contributed by atoms with Gasteiger partial charge in [-0.05, 0) is 38.4 Å². The van der Waals surface area contributed by atoms with Gasteiger partial charge in [0.2, 0.25) is 0 Å². The number of piperidine rings is 1. The number of rotatable bonds is 3. The van der Waals surface area contributed by atoms with E-state index in [2.05, 4.69) is 17.6 Å². The Morgan fingerprint density at radius 2 is 2.37 bits per heavy atom. The van der Waals surface area contributed by atoms with Crippen LogP contribution in [0.3, 0.4) is 0 Å². The number of para-hydroxylation sites is 1. The predicted octanol–water partition coefficient (Wildman–Crippen LogP) is 2.02. The summed E-state index contributed by atoms with van der Waals surface area (Å²) in [5.74, 6) is 0. The molecule has 0 aromatic heterocycles. The maximum Gasteiger partial charge on any atom is 0.309 e. The molecule has 2 atom stereocenters. The van der Waals surface area contributed by atoms with Crippen LogP contribution >= 0.6 is 0 Å². The highest BCUT2D eigenvalue weighted by molar-refractivity contribution is 5.68. The number of nitro benzene ring substituents is 1. The van der Waals surface area contributed by atoms with Gasteiger partial charge >= 0.3 is 5.69 Å². The number of hydrogen-bond acceptors (Lipinski definition) is 5. The average Bonchev–Trinajstić information content (AvgIpc) is 2.38. The minimum Gasteiger partial charge on any atom is -0.377 e. The molecule has 0 spiro atoms. The molecule has 6 nitrogen and oxygen atoms in total. The van der Waals surface area contributed by atoms with Crippen LogP contribution in [0, 0.1) is 21.4 Å². The van der Waals surface area contributed by atoms with Gasteiger partial charge in [-0.25, -0.2) is 0 Å². The quantitative estimate of drug-likeness (QED) is 0.641. The van der Waals surface area contributed by atoms with Gasteiger partial charge < -0.3 is 10.6 Å². The summed E-state index contributed by atoms with van der Waals surface area (Å²) in [6.45, 7) is 2.98. The molecule has 2 N–H and O–H groups in total. The van der Waals surface area contributed by atoms with Gasteiger partial charge in [-0.15, -0.1) is 0 Å². The molecule has 1 aliphatic rings. The van der Waals surface area contributed by atoms with Gasteiger partial charge in [-0.2, -0.15) is 5.26 Å². The number of nitrogens with one attached hydrogen (secondary N) is 2. The summed E-state index contributed by atoms with van der Waals surface area (Å²) in [5.41, 5.74) is 0.399.